The number of rotatable bonds is 2. The molecule has 0 aliphatic carbocycles. The number of anilines is 1. The number of ether oxygens (including phenoxy) is 1. The van der Waals surface area contributed by atoms with Gasteiger partial charge in [-0.15, -0.1) is 0 Å². The Balaban J connectivity index is 1.88. The van der Waals surface area contributed by atoms with E-state index in [9.17, 15) is 0 Å². The van der Waals surface area contributed by atoms with E-state index < -0.39 is 0 Å². The van der Waals surface area contributed by atoms with E-state index in [0.717, 1.165) is 29.1 Å². The zero-order valence-electron chi connectivity index (χ0n) is 9.91. The molecule has 3 rings (SSSR count). The molecule has 0 atom stereocenters. The SMILES string of the molecule is OCc1ccc2c(c1)CN(c1ccncc1)CO2. The quantitative estimate of drug-likeness (QED) is 0.874. The fraction of sp³-hybridized carbons (Fsp3) is 0.214. The minimum absolute atomic E-state index is 0.0581. The molecular weight excluding hydrogens is 228 g/mol. The third-order valence-corrected chi connectivity index (χ3v) is 3.07. The van der Waals surface area contributed by atoms with Crippen molar-refractivity contribution in [3.8, 4) is 5.75 Å². The number of benzene rings is 1. The Labute approximate surface area is 105 Å². The summed E-state index contributed by atoms with van der Waals surface area (Å²) in [4.78, 5) is 6.14. The normalized spacial score (nSPS) is 13.9. The van der Waals surface area contributed by atoms with Crippen LogP contribution in [0.5, 0.6) is 5.75 Å². The van der Waals surface area contributed by atoms with Crippen LogP contribution in [0.25, 0.3) is 0 Å². The Morgan fingerprint density at radius 3 is 2.83 bits per heavy atom. The van der Waals surface area contributed by atoms with Gasteiger partial charge in [0, 0.05) is 30.2 Å². The fourth-order valence-corrected chi connectivity index (χ4v) is 2.11. The van der Waals surface area contributed by atoms with Gasteiger partial charge in [0.2, 0.25) is 0 Å². The summed E-state index contributed by atoms with van der Waals surface area (Å²) in [5, 5.41) is 9.16. The van der Waals surface area contributed by atoms with Gasteiger partial charge < -0.3 is 14.7 Å². The van der Waals surface area contributed by atoms with Gasteiger partial charge in [0.1, 0.15) is 5.75 Å². The molecule has 0 bridgehead atoms. The van der Waals surface area contributed by atoms with Gasteiger partial charge in [-0.05, 0) is 29.8 Å². The van der Waals surface area contributed by atoms with Crippen LogP contribution in [0.2, 0.25) is 0 Å². The molecule has 0 spiro atoms. The average molecular weight is 242 g/mol. The van der Waals surface area contributed by atoms with E-state index >= 15 is 0 Å². The zero-order valence-corrected chi connectivity index (χ0v) is 9.91. The van der Waals surface area contributed by atoms with Gasteiger partial charge in [0.25, 0.3) is 0 Å². The molecule has 0 radical (unpaired) electrons. The average Bonchev–Trinajstić information content (AvgIpc) is 2.47. The number of hydrogen-bond donors (Lipinski definition) is 1. The number of aromatic nitrogens is 1. The first kappa shape index (κ1) is 11.0. The van der Waals surface area contributed by atoms with Crippen LogP contribution in [0.4, 0.5) is 5.69 Å². The predicted octanol–water partition coefficient (Wildman–Crippen LogP) is 1.93. The van der Waals surface area contributed by atoms with Gasteiger partial charge in [-0.25, -0.2) is 0 Å². The van der Waals surface area contributed by atoms with Crippen LogP contribution in [-0.2, 0) is 13.2 Å². The maximum absolute atomic E-state index is 9.16. The lowest BCUT2D eigenvalue weighted by Gasteiger charge is -2.30. The fourth-order valence-electron chi connectivity index (χ4n) is 2.11. The van der Waals surface area contributed by atoms with Crippen LogP contribution in [0.3, 0.4) is 0 Å². The largest absolute Gasteiger partial charge is 0.473 e. The molecule has 0 amide bonds. The summed E-state index contributed by atoms with van der Waals surface area (Å²) >= 11 is 0. The van der Waals surface area contributed by atoms with Gasteiger partial charge >= 0.3 is 0 Å². The van der Waals surface area contributed by atoms with E-state index in [1.165, 1.54) is 0 Å². The highest BCUT2D eigenvalue weighted by Gasteiger charge is 2.17. The third-order valence-electron chi connectivity index (χ3n) is 3.07. The standard InChI is InChI=1S/C14H14N2O2/c17-9-11-1-2-14-12(7-11)8-16(10-18-14)13-3-5-15-6-4-13/h1-7,17H,8-10H2. The summed E-state index contributed by atoms with van der Waals surface area (Å²) in [6, 6.07) is 9.73. The Hall–Kier alpha value is -2.07. The lowest BCUT2D eigenvalue weighted by Crippen LogP contribution is -2.31. The Morgan fingerprint density at radius 1 is 1.22 bits per heavy atom. The van der Waals surface area contributed by atoms with E-state index in [0.29, 0.717) is 6.73 Å². The van der Waals surface area contributed by atoms with Crippen LogP contribution in [-0.4, -0.2) is 16.8 Å². The Kier molecular flexibility index (Phi) is 2.86. The van der Waals surface area contributed by atoms with Crippen molar-refractivity contribution in [1.29, 1.82) is 0 Å². The maximum Gasteiger partial charge on any atom is 0.161 e. The number of pyridine rings is 1. The number of aliphatic hydroxyl groups excluding tert-OH is 1. The zero-order chi connectivity index (χ0) is 12.4. The highest BCUT2D eigenvalue weighted by atomic mass is 16.5. The van der Waals surface area contributed by atoms with E-state index in [1.54, 1.807) is 12.4 Å². The second-order valence-electron chi connectivity index (χ2n) is 4.28. The molecule has 4 nitrogen and oxygen atoms in total. The number of aliphatic hydroxyl groups is 1. The summed E-state index contributed by atoms with van der Waals surface area (Å²) in [5.74, 6) is 0.900. The molecule has 1 aliphatic heterocycles. The summed E-state index contributed by atoms with van der Waals surface area (Å²) in [6.07, 6.45) is 3.55. The van der Waals surface area contributed by atoms with Crippen molar-refractivity contribution in [2.45, 2.75) is 13.2 Å². The maximum atomic E-state index is 9.16. The van der Waals surface area contributed by atoms with Gasteiger partial charge in [-0.3, -0.25) is 4.98 Å². The molecule has 1 N–H and O–H groups in total. The van der Waals surface area contributed by atoms with Gasteiger partial charge in [0.15, 0.2) is 6.73 Å². The number of nitrogens with zero attached hydrogens (tertiary/aromatic N) is 2. The van der Waals surface area contributed by atoms with Gasteiger partial charge in [0.05, 0.1) is 6.61 Å². The third kappa shape index (κ3) is 2.02. The Bertz CT molecular complexity index is 543. The molecule has 1 aliphatic rings. The molecule has 2 aromatic rings. The molecular formula is C14H14N2O2. The summed E-state index contributed by atoms with van der Waals surface area (Å²) in [6.45, 7) is 1.38. The molecule has 18 heavy (non-hydrogen) atoms. The lowest BCUT2D eigenvalue weighted by molar-refractivity contribution is 0.277. The minimum atomic E-state index is 0.0581. The molecule has 2 heterocycles. The van der Waals surface area contributed by atoms with Crippen LogP contribution in [0.1, 0.15) is 11.1 Å². The molecule has 0 unspecified atom stereocenters. The minimum Gasteiger partial charge on any atom is -0.473 e. The highest BCUT2D eigenvalue weighted by Crippen LogP contribution is 2.28. The monoisotopic (exact) mass is 242 g/mol. The molecule has 4 heteroatoms. The van der Waals surface area contributed by atoms with Crippen molar-refractivity contribution in [3.63, 3.8) is 0 Å². The van der Waals surface area contributed by atoms with Gasteiger partial charge in [-0.2, -0.15) is 0 Å². The second-order valence-corrected chi connectivity index (χ2v) is 4.28. The van der Waals surface area contributed by atoms with Crippen LogP contribution in [0, 0.1) is 0 Å². The molecule has 1 aromatic carbocycles. The van der Waals surface area contributed by atoms with Crippen molar-refractivity contribution >= 4 is 5.69 Å². The smallest absolute Gasteiger partial charge is 0.161 e. The van der Waals surface area contributed by atoms with Crippen molar-refractivity contribution in [3.05, 3.63) is 53.9 Å². The van der Waals surface area contributed by atoms with E-state index in [2.05, 4.69) is 9.88 Å². The first-order valence-electron chi connectivity index (χ1n) is 5.87. The van der Waals surface area contributed by atoms with Crippen molar-refractivity contribution < 1.29 is 9.84 Å². The van der Waals surface area contributed by atoms with Crippen LogP contribution in [0.15, 0.2) is 42.7 Å². The van der Waals surface area contributed by atoms with Crippen LogP contribution >= 0.6 is 0 Å². The lowest BCUT2D eigenvalue weighted by atomic mass is 10.1. The number of hydrogen-bond acceptors (Lipinski definition) is 4. The van der Waals surface area contributed by atoms with Crippen molar-refractivity contribution in [2.24, 2.45) is 0 Å². The number of fused-ring (bicyclic) bond motifs is 1. The Morgan fingerprint density at radius 2 is 2.06 bits per heavy atom. The van der Waals surface area contributed by atoms with Gasteiger partial charge in [-0.1, -0.05) is 6.07 Å². The second kappa shape index (κ2) is 4.66. The van der Waals surface area contributed by atoms with Crippen molar-refractivity contribution in [1.82, 2.24) is 4.98 Å². The molecule has 1 aromatic heterocycles. The molecule has 0 fully saturated rings. The van der Waals surface area contributed by atoms with E-state index in [1.807, 2.05) is 30.3 Å². The topological polar surface area (TPSA) is 45.6 Å². The molecule has 0 saturated heterocycles. The van der Waals surface area contributed by atoms with Crippen molar-refractivity contribution in [2.75, 3.05) is 11.6 Å². The van der Waals surface area contributed by atoms with Crippen LogP contribution < -0.4 is 9.64 Å². The molecule has 92 valence electrons. The summed E-state index contributed by atoms with van der Waals surface area (Å²) in [7, 11) is 0. The predicted molar refractivity (Wildman–Crippen MR) is 68.3 cm³/mol. The first-order valence-corrected chi connectivity index (χ1v) is 5.87. The summed E-state index contributed by atoms with van der Waals surface area (Å²) in [5.41, 5.74) is 3.10. The van der Waals surface area contributed by atoms with E-state index in [4.69, 9.17) is 9.84 Å². The van der Waals surface area contributed by atoms with E-state index in [-0.39, 0.29) is 6.61 Å². The summed E-state index contributed by atoms with van der Waals surface area (Å²) < 4.78 is 5.71. The highest BCUT2D eigenvalue weighted by molar-refractivity contribution is 5.49. The molecule has 0 saturated carbocycles. The first-order chi connectivity index (χ1) is 8.86.